The molecular formula is C23H37NO. The Morgan fingerprint density at radius 2 is 1.80 bits per heavy atom. The highest BCUT2D eigenvalue weighted by atomic mass is 16.1. The quantitative estimate of drug-likeness (QED) is 0.589. The Morgan fingerprint density at radius 3 is 2.28 bits per heavy atom. The predicted octanol–water partition coefficient (Wildman–Crippen LogP) is 5.97. The van der Waals surface area contributed by atoms with E-state index in [2.05, 4.69) is 45.3 Å². The highest BCUT2D eigenvalue weighted by molar-refractivity contribution is 5.94. The first kappa shape index (κ1) is 20.2. The van der Waals surface area contributed by atoms with Gasteiger partial charge in [-0.3, -0.25) is 4.79 Å². The molecule has 25 heavy (non-hydrogen) atoms. The van der Waals surface area contributed by atoms with E-state index in [0.29, 0.717) is 5.92 Å². The Labute approximate surface area is 154 Å². The maximum absolute atomic E-state index is 11.6. The summed E-state index contributed by atoms with van der Waals surface area (Å²) in [6, 6.07) is 8.40. The molecule has 1 aromatic rings. The maximum Gasteiger partial charge on any atom is 0.159 e. The fraction of sp³-hybridized carbons (Fsp3) is 0.696. The molecule has 2 heteroatoms. The van der Waals surface area contributed by atoms with Crippen LogP contribution in [0.5, 0.6) is 0 Å². The van der Waals surface area contributed by atoms with Gasteiger partial charge in [-0.05, 0) is 69.4 Å². The lowest BCUT2D eigenvalue weighted by Crippen LogP contribution is -2.49. The average molecular weight is 344 g/mol. The van der Waals surface area contributed by atoms with Crippen LogP contribution in [0.15, 0.2) is 24.3 Å². The number of benzene rings is 1. The zero-order valence-electron chi connectivity index (χ0n) is 16.9. The van der Waals surface area contributed by atoms with Crippen molar-refractivity contribution < 1.29 is 4.79 Å². The molecule has 0 radical (unpaired) electrons. The van der Waals surface area contributed by atoms with Crippen LogP contribution >= 0.6 is 0 Å². The van der Waals surface area contributed by atoms with E-state index in [0.717, 1.165) is 17.4 Å². The van der Waals surface area contributed by atoms with E-state index in [1.54, 1.807) is 6.92 Å². The molecule has 3 unspecified atom stereocenters. The van der Waals surface area contributed by atoms with E-state index in [-0.39, 0.29) is 11.3 Å². The zero-order valence-corrected chi connectivity index (χ0v) is 16.9. The Morgan fingerprint density at radius 1 is 1.20 bits per heavy atom. The van der Waals surface area contributed by atoms with Gasteiger partial charge in [-0.25, -0.2) is 0 Å². The number of carbonyl (C=O) groups is 1. The largest absolute Gasteiger partial charge is 0.314 e. The van der Waals surface area contributed by atoms with Gasteiger partial charge in [0, 0.05) is 11.1 Å². The highest BCUT2D eigenvalue weighted by Gasteiger charge is 2.38. The van der Waals surface area contributed by atoms with E-state index >= 15 is 0 Å². The lowest BCUT2D eigenvalue weighted by atomic mass is 9.67. The van der Waals surface area contributed by atoms with Crippen LogP contribution in [-0.4, -0.2) is 18.4 Å². The molecule has 1 saturated carbocycles. The molecule has 1 N–H and O–H groups in total. The molecule has 2 nitrogen and oxygen atoms in total. The van der Waals surface area contributed by atoms with Crippen molar-refractivity contribution in [1.82, 2.24) is 5.32 Å². The van der Waals surface area contributed by atoms with Gasteiger partial charge in [0.05, 0.1) is 0 Å². The van der Waals surface area contributed by atoms with Crippen molar-refractivity contribution in [1.29, 1.82) is 0 Å². The van der Waals surface area contributed by atoms with Crippen molar-refractivity contribution in [3.8, 4) is 0 Å². The van der Waals surface area contributed by atoms with Crippen molar-refractivity contribution in [2.24, 2.45) is 11.8 Å². The second kappa shape index (κ2) is 8.98. The van der Waals surface area contributed by atoms with E-state index in [4.69, 9.17) is 0 Å². The van der Waals surface area contributed by atoms with Crippen molar-refractivity contribution >= 4 is 5.78 Å². The Kier molecular flexibility index (Phi) is 7.25. The monoisotopic (exact) mass is 343 g/mol. The van der Waals surface area contributed by atoms with Crippen LogP contribution in [0.25, 0.3) is 0 Å². The summed E-state index contributed by atoms with van der Waals surface area (Å²) in [4.78, 5) is 11.6. The van der Waals surface area contributed by atoms with Gasteiger partial charge >= 0.3 is 0 Å². The number of hydrogen-bond acceptors (Lipinski definition) is 2. The van der Waals surface area contributed by atoms with Crippen LogP contribution in [0.4, 0.5) is 0 Å². The molecule has 3 atom stereocenters. The second-order valence-electron chi connectivity index (χ2n) is 8.61. The molecular weight excluding hydrogens is 306 g/mol. The summed E-state index contributed by atoms with van der Waals surface area (Å²) in [5.74, 6) is 2.32. The number of hydrogen-bond donors (Lipinski definition) is 1. The first-order valence-electron chi connectivity index (χ1n) is 10.2. The van der Waals surface area contributed by atoms with Gasteiger partial charge in [-0.1, -0.05) is 57.9 Å². The second-order valence-corrected chi connectivity index (χ2v) is 8.61. The standard InChI is InChI=1S/C23H37NO/c1-6-7-8-22(21-11-9-20(10-12-21)19(4)25)16-23(24-5)14-17(2)13-18(3)15-23/h9-12,17-18,22,24H,6-8,13-16H2,1-5H3. The Balaban J connectivity index is 2.22. The molecule has 1 aliphatic carbocycles. The van der Waals surface area contributed by atoms with Gasteiger partial charge in [0.25, 0.3) is 0 Å². The Bertz CT molecular complexity index is 538. The first-order valence-corrected chi connectivity index (χ1v) is 10.2. The molecule has 0 spiro atoms. The molecule has 0 aromatic heterocycles. The molecule has 0 saturated heterocycles. The highest BCUT2D eigenvalue weighted by Crippen LogP contribution is 2.42. The van der Waals surface area contributed by atoms with Gasteiger partial charge in [0.15, 0.2) is 5.78 Å². The smallest absolute Gasteiger partial charge is 0.159 e. The van der Waals surface area contributed by atoms with Crippen molar-refractivity contribution in [3.63, 3.8) is 0 Å². The topological polar surface area (TPSA) is 29.1 Å². The van der Waals surface area contributed by atoms with Crippen LogP contribution in [0, 0.1) is 11.8 Å². The average Bonchev–Trinajstić information content (AvgIpc) is 2.58. The van der Waals surface area contributed by atoms with Crippen LogP contribution in [0.3, 0.4) is 0 Å². The van der Waals surface area contributed by atoms with Crippen molar-refractivity contribution in [2.75, 3.05) is 7.05 Å². The minimum Gasteiger partial charge on any atom is -0.314 e. The number of unbranched alkanes of at least 4 members (excludes halogenated alkanes) is 1. The third-order valence-corrected chi connectivity index (χ3v) is 6.15. The minimum atomic E-state index is 0.151. The first-order chi connectivity index (χ1) is 11.9. The van der Waals surface area contributed by atoms with E-state index in [1.807, 2.05) is 12.1 Å². The molecule has 0 bridgehead atoms. The number of Topliss-reactive ketones (excluding diaryl/α,β-unsaturated/α-hetero) is 1. The summed E-state index contributed by atoms with van der Waals surface area (Å²) in [6.45, 7) is 8.73. The van der Waals surface area contributed by atoms with Gasteiger partial charge < -0.3 is 5.32 Å². The molecule has 0 amide bonds. The molecule has 0 heterocycles. The third kappa shape index (κ3) is 5.41. The van der Waals surface area contributed by atoms with E-state index < -0.39 is 0 Å². The van der Waals surface area contributed by atoms with E-state index in [1.165, 1.54) is 50.5 Å². The summed E-state index contributed by atoms with van der Waals surface area (Å²) in [7, 11) is 2.15. The molecule has 2 rings (SSSR count). The summed E-state index contributed by atoms with van der Waals surface area (Å²) in [6.07, 6.45) is 8.87. The molecule has 1 aliphatic rings. The van der Waals surface area contributed by atoms with E-state index in [9.17, 15) is 4.79 Å². The SMILES string of the molecule is CCCCC(CC1(NC)CC(C)CC(C)C1)c1ccc(C(C)=O)cc1. The Hall–Kier alpha value is -1.15. The number of nitrogens with one attached hydrogen (secondary N) is 1. The molecule has 1 fully saturated rings. The van der Waals surface area contributed by atoms with Gasteiger partial charge in [-0.2, -0.15) is 0 Å². The summed E-state index contributed by atoms with van der Waals surface area (Å²) in [5, 5.41) is 3.73. The third-order valence-electron chi connectivity index (χ3n) is 6.15. The normalized spacial score (nSPS) is 27.9. The summed E-state index contributed by atoms with van der Waals surface area (Å²) >= 11 is 0. The lowest BCUT2D eigenvalue weighted by molar-refractivity contribution is 0.101. The van der Waals surface area contributed by atoms with Gasteiger partial charge in [0.1, 0.15) is 0 Å². The fourth-order valence-electron chi connectivity index (χ4n) is 5.04. The fourth-order valence-corrected chi connectivity index (χ4v) is 5.04. The van der Waals surface area contributed by atoms with Gasteiger partial charge in [-0.15, -0.1) is 0 Å². The number of carbonyl (C=O) groups excluding carboxylic acids is 1. The van der Waals surface area contributed by atoms with Crippen LogP contribution < -0.4 is 5.32 Å². The van der Waals surface area contributed by atoms with Crippen LogP contribution in [0.2, 0.25) is 0 Å². The van der Waals surface area contributed by atoms with Crippen LogP contribution in [0.1, 0.15) is 94.5 Å². The summed E-state index contributed by atoms with van der Waals surface area (Å²) in [5.41, 5.74) is 2.48. The zero-order chi connectivity index (χ0) is 18.4. The minimum absolute atomic E-state index is 0.151. The molecule has 0 aliphatic heterocycles. The van der Waals surface area contributed by atoms with Crippen molar-refractivity contribution in [3.05, 3.63) is 35.4 Å². The predicted molar refractivity (Wildman–Crippen MR) is 107 cm³/mol. The van der Waals surface area contributed by atoms with Gasteiger partial charge in [0.2, 0.25) is 0 Å². The van der Waals surface area contributed by atoms with Crippen LogP contribution in [-0.2, 0) is 0 Å². The molecule has 140 valence electrons. The maximum atomic E-state index is 11.6. The summed E-state index contributed by atoms with van der Waals surface area (Å²) < 4.78 is 0. The number of ketones is 1. The lowest BCUT2D eigenvalue weighted by Gasteiger charge is -2.45. The molecule has 1 aromatic carbocycles. The van der Waals surface area contributed by atoms with Crippen molar-refractivity contribution in [2.45, 2.75) is 84.1 Å². The number of rotatable bonds is 8.